The zero-order chi connectivity index (χ0) is 12.3. The van der Waals surface area contributed by atoms with E-state index in [-0.39, 0.29) is 5.97 Å². The largest absolute Gasteiger partial charge is 0.462 e. The van der Waals surface area contributed by atoms with E-state index in [0.717, 1.165) is 30.5 Å². The Labute approximate surface area is 103 Å². The van der Waals surface area contributed by atoms with Crippen LogP contribution in [0.5, 0.6) is 0 Å². The number of fused-ring (bicyclic) bond motifs is 1. The van der Waals surface area contributed by atoms with Crippen LogP contribution in [0.15, 0.2) is 16.1 Å². The van der Waals surface area contributed by atoms with Crippen LogP contribution in [0.1, 0.15) is 45.4 Å². The third kappa shape index (κ3) is 2.43. The summed E-state index contributed by atoms with van der Waals surface area (Å²) >= 11 is 0. The number of rotatable bonds is 2. The Kier molecular flexibility index (Phi) is 3.97. The molecule has 0 aromatic heterocycles. The lowest BCUT2D eigenvalue weighted by molar-refractivity contribution is -0.138. The van der Waals surface area contributed by atoms with Crippen LogP contribution in [-0.4, -0.2) is 25.3 Å². The van der Waals surface area contributed by atoms with Crippen molar-refractivity contribution < 1.29 is 9.53 Å². The average Bonchev–Trinajstić information content (AvgIpc) is 2.37. The first-order valence-corrected chi connectivity index (χ1v) is 6.64. The molecule has 0 bridgehead atoms. The fraction of sp³-hybridized carbons (Fsp3) is 0.714. The molecule has 2 rings (SSSR count). The molecule has 0 saturated heterocycles. The molecule has 1 saturated carbocycles. The summed E-state index contributed by atoms with van der Waals surface area (Å²) in [6, 6.07) is 0. The van der Waals surface area contributed by atoms with Gasteiger partial charge in [0.1, 0.15) is 0 Å². The van der Waals surface area contributed by atoms with Gasteiger partial charge in [-0.1, -0.05) is 12.0 Å². The lowest BCUT2D eigenvalue weighted by atomic mass is 9.73. The normalized spacial score (nSPS) is 26.9. The summed E-state index contributed by atoms with van der Waals surface area (Å²) in [5.41, 5.74) is 3.09. The van der Waals surface area contributed by atoms with Crippen LogP contribution < -0.4 is 0 Å². The smallest absolute Gasteiger partial charge is 0.339 e. The van der Waals surface area contributed by atoms with E-state index in [9.17, 15) is 4.79 Å². The van der Waals surface area contributed by atoms with E-state index in [4.69, 9.17) is 4.74 Å². The minimum Gasteiger partial charge on any atom is -0.462 e. The van der Waals surface area contributed by atoms with Gasteiger partial charge < -0.3 is 4.74 Å². The molecule has 0 heterocycles. The molecule has 3 heteroatoms. The number of esters is 1. The molecule has 0 aliphatic heterocycles. The maximum absolute atomic E-state index is 12.1. The number of nitrogens with zero attached hydrogens (tertiary/aromatic N) is 1. The van der Waals surface area contributed by atoms with Crippen LogP contribution >= 0.6 is 0 Å². The fourth-order valence-corrected chi connectivity index (χ4v) is 3.03. The summed E-state index contributed by atoms with van der Waals surface area (Å²) in [6.07, 6.45) is 6.87. The summed E-state index contributed by atoms with van der Waals surface area (Å²) in [5.74, 6) is 0.448. The minimum atomic E-state index is -0.158. The van der Waals surface area contributed by atoms with Crippen molar-refractivity contribution in [1.29, 1.82) is 0 Å². The maximum atomic E-state index is 12.1. The summed E-state index contributed by atoms with van der Waals surface area (Å²) in [6.45, 7) is 2.30. The molecule has 2 aliphatic rings. The monoisotopic (exact) mass is 235 g/mol. The van der Waals surface area contributed by atoms with Gasteiger partial charge in [0.25, 0.3) is 0 Å². The van der Waals surface area contributed by atoms with Crippen LogP contribution in [0, 0.1) is 5.92 Å². The number of carbonyl (C=O) groups excluding carboxylic acids is 1. The van der Waals surface area contributed by atoms with Crippen molar-refractivity contribution >= 4 is 11.7 Å². The number of allylic oxidation sites excluding steroid dienone is 1. The van der Waals surface area contributed by atoms with E-state index in [1.54, 1.807) is 7.05 Å². The van der Waals surface area contributed by atoms with E-state index < -0.39 is 0 Å². The zero-order valence-electron chi connectivity index (χ0n) is 10.8. The molecule has 1 atom stereocenters. The molecule has 1 fully saturated rings. The number of hydrogen-bond acceptors (Lipinski definition) is 3. The van der Waals surface area contributed by atoms with Crippen LogP contribution in [0.4, 0.5) is 0 Å². The zero-order valence-corrected chi connectivity index (χ0v) is 10.8. The summed E-state index contributed by atoms with van der Waals surface area (Å²) in [7, 11) is 1.78. The van der Waals surface area contributed by atoms with Gasteiger partial charge in [0.15, 0.2) is 0 Å². The Morgan fingerprint density at radius 3 is 2.88 bits per heavy atom. The molecule has 0 radical (unpaired) electrons. The molecular weight excluding hydrogens is 214 g/mol. The standard InChI is InChI=1S/C14H21NO2/c1-3-17-14(16)13-11-7-5-4-6-10(11)8-9-12(13)15-2/h10H,3-9H2,1-2H3. The Morgan fingerprint density at radius 1 is 1.35 bits per heavy atom. The number of aliphatic imine (C=N–C) groups is 1. The van der Waals surface area contributed by atoms with Crippen LogP contribution in [-0.2, 0) is 9.53 Å². The van der Waals surface area contributed by atoms with Crippen LogP contribution in [0.3, 0.4) is 0 Å². The maximum Gasteiger partial charge on any atom is 0.339 e. The molecule has 0 spiro atoms. The minimum absolute atomic E-state index is 0.158. The molecule has 0 aromatic rings. The van der Waals surface area contributed by atoms with Crippen molar-refractivity contribution in [2.75, 3.05) is 13.7 Å². The van der Waals surface area contributed by atoms with Crippen LogP contribution in [0.2, 0.25) is 0 Å². The van der Waals surface area contributed by atoms with E-state index in [1.807, 2.05) is 6.92 Å². The number of hydrogen-bond donors (Lipinski definition) is 0. The molecule has 1 unspecified atom stereocenters. The highest BCUT2D eigenvalue weighted by atomic mass is 16.5. The highest BCUT2D eigenvalue weighted by Crippen LogP contribution is 2.39. The van der Waals surface area contributed by atoms with Gasteiger partial charge in [-0.15, -0.1) is 0 Å². The Hall–Kier alpha value is -1.12. The van der Waals surface area contributed by atoms with Gasteiger partial charge in [0, 0.05) is 12.8 Å². The van der Waals surface area contributed by atoms with E-state index in [2.05, 4.69) is 4.99 Å². The summed E-state index contributed by atoms with van der Waals surface area (Å²) in [4.78, 5) is 16.3. The van der Waals surface area contributed by atoms with Gasteiger partial charge in [-0.3, -0.25) is 4.99 Å². The molecule has 3 nitrogen and oxygen atoms in total. The second-order valence-electron chi connectivity index (χ2n) is 4.77. The van der Waals surface area contributed by atoms with Gasteiger partial charge in [-0.05, 0) is 44.9 Å². The second-order valence-corrected chi connectivity index (χ2v) is 4.77. The van der Waals surface area contributed by atoms with Crippen molar-refractivity contribution in [1.82, 2.24) is 0 Å². The number of carbonyl (C=O) groups is 1. The van der Waals surface area contributed by atoms with Gasteiger partial charge in [0.05, 0.1) is 12.2 Å². The van der Waals surface area contributed by atoms with Gasteiger partial charge in [0.2, 0.25) is 0 Å². The molecule has 17 heavy (non-hydrogen) atoms. The van der Waals surface area contributed by atoms with Crippen molar-refractivity contribution in [3.63, 3.8) is 0 Å². The molecule has 2 aliphatic carbocycles. The lowest BCUT2D eigenvalue weighted by Gasteiger charge is -2.32. The Bertz CT molecular complexity index is 368. The first-order chi connectivity index (χ1) is 8.27. The lowest BCUT2D eigenvalue weighted by Crippen LogP contribution is -2.28. The fourth-order valence-electron chi connectivity index (χ4n) is 3.03. The summed E-state index contributed by atoms with van der Waals surface area (Å²) < 4.78 is 5.18. The van der Waals surface area contributed by atoms with E-state index >= 15 is 0 Å². The van der Waals surface area contributed by atoms with E-state index in [0.29, 0.717) is 12.5 Å². The average molecular weight is 235 g/mol. The quantitative estimate of drug-likeness (QED) is 0.690. The first kappa shape index (κ1) is 12.3. The highest BCUT2D eigenvalue weighted by Gasteiger charge is 2.32. The second kappa shape index (κ2) is 5.48. The van der Waals surface area contributed by atoms with Gasteiger partial charge >= 0.3 is 5.97 Å². The van der Waals surface area contributed by atoms with Crippen molar-refractivity contribution in [3.8, 4) is 0 Å². The van der Waals surface area contributed by atoms with Crippen LogP contribution in [0.25, 0.3) is 0 Å². The van der Waals surface area contributed by atoms with Crippen molar-refractivity contribution in [3.05, 3.63) is 11.1 Å². The van der Waals surface area contributed by atoms with Crippen molar-refractivity contribution in [2.45, 2.75) is 45.4 Å². The predicted molar refractivity (Wildman–Crippen MR) is 68.2 cm³/mol. The third-order valence-electron chi connectivity index (χ3n) is 3.83. The molecule has 0 N–H and O–H groups in total. The van der Waals surface area contributed by atoms with E-state index in [1.165, 1.54) is 24.8 Å². The molecule has 0 amide bonds. The number of ether oxygens (including phenoxy) is 1. The predicted octanol–water partition coefficient (Wildman–Crippen LogP) is 2.90. The Balaban J connectivity index is 2.36. The Morgan fingerprint density at radius 2 is 2.18 bits per heavy atom. The molecule has 0 aromatic carbocycles. The van der Waals surface area contributed by atoms with Gasteiger partial charge in [-0.25, -0.2) is 4.79 Å². The molecule has 94 valence electrons. The SMILES string of the molecule is CCOC(=O)C1=C2CCCCC2CCC1=NC. The third-order valence-corrected chi connectivity index (χ3v) is 3.83. The van der Waals surface area contributed by atoms with Crippen molar-refractivity contribution in [2.24, 2.45) is 10.9 Å². The highest BCUT2D eigenvalue weighted by molar-refractivity contribution is 6.21. The topological polar surface area (TPSA) is 38.7 Å². The summed E-state index contributed by atoms with van der Waals surface area (Å²) in [5, 5.41) is 0. The molecular formula is C14H21NO2. The van der Waals surface area contributed by atoms with Gasteiger partial charge in [-0.2, -0.15) is 0 Å². The first-order valence-electron chi connectivity index (χ1n) is 6.64.